The minimum atomic E-state index is -4.25. The highest BCUT2D eigenvalue weighted by Gasteiger charge is 2.32. The highest BCUT2D eigenvalue weighted by Crippen LogP contribution is 2.15. The van der Waals surface area contributed by atoms with Crippen molar-refractivity contribution in [3.63, 3.8) is 0 Å². The lowest BCUT2D eigenvalue weighted by Crippen LogP contribution is -2.44. The van der Waals surface area contributed by atoms with Gasteiger partial charge in [-0.05, 0) is 12.8 Å². The van der Waals surface area contributed by atoms with Crippen molar-refractivity contribution < 1.29 is 27.9 Å². The van der Waals surface area contributed by atoms with E-state index >= 15 is 0 Å². The van der Waals surface area contributed by atoms with E-state index in [2.05, 4.69) is 10.2 Å². The number of carboxylic acids is 1. The maximum absolute atomic E-state index is 12.2. The van der Waals surface area contributed by atoms with Crippen LogP contribution in [0.3, 0.4) is 0 Å². The molecule has 1 aromatic heterocycles. The van der Waals surface area contributed by atoms with E-state index in [0.29, 0.717) is 0 Å². The van der Waals surface area contributed by atoms with Gasteiger partial charge in [-0.1, -0.05) is 13.8 Å². The van der Waals surface area contributed by atoms with Gasteiger partial charge in [-0.15, -0.1) is 0 Å². The summed E-state index contributed by atoms with van der Waals surface area (Å²) in [6.45, 7) is 4.76. The molecule has 0 aliphatic carbocycles. The summed E-state index contributed by atoms with van der Waals surface area (Å²) in [5.41, 5.74) is -0.280. The zero-order valence-corrected chi connectivity index (χ0v) is 12.6. The molecule has 0 spiro atoms. The molecule has 1 rings (SSSR count). The summed E-state index contributed by atoms with van der Waals surface area (Å²) >= 11 is 0. The number of aliphatic carboxylic acids is 1. The lowest BCUT2D eigenvalue weighted by molar-refractivity contribution is -0.140. The fraction of sp³-hybridized carbons (Fsp3) is 0.545. The van der Waals surface area contributed by atoms with Crippen LogP contribution >= 0.6 is 0 Å². The highest BCUT2D eigenvalue weighted by atomic mass is 32.2. The van der Waals surface area contributed by atoms with Crippen molar-refractivity contribution in [1.29, 1.82) is 0 Å². The fourth-order valence-electron chi connectivity index (χ4n) is 1.53. The second kappa shape index (κ2) is 6.68. The predicted octanol–water partition coefficient (Wildman–Crippen LogP) is -0.0261. The number of nitrogens with one attached hydrogen (secondary N) is 2. The Labute approximate surface area is 121 Å². The first-order chi connectivity index (χ1) is 9.70. The van der Waals surface area contributed by atoms with Crippen LogP contribution in [0.2, 0.25) is 0 Å². The second-order valence-corrected chi connectivity index (χ2v) is 6.17. The van der Waals surface area contributed by atoms with Gasteiger partial charge in [-0.2, -0.15) is 9.82 Å². The van der Waals surface area contributed by atoms with E-state index in [9.17, 15) is 18.0 Å². The first kappa shape index (κ1) is 17.1. The van der Waals surface area contributed by atoms with Crippen molar-refractivity contribution in [2.75, 3.05) is 6.61 Å². The molecule has 1 heterocycles. The van der Waals surface area contributed by atoms with Gasteiger partial charge in [0.05, 0.1) is 12.8 Å². The lowest BCUT2D eigenvalue weighted by atomic mass is 10.1. The van der Waals surface area contributed by atoms with Gasteiger partial charge in [0, 0.05) is 0 Å². The van der Waals surface area contributed by atoms with E-state index in [4.69, 9.17) is 9.84 Å². The summed E-state index contributed by atoms with van der Waals surface area (Å²) in [6, 6.07) is -1.33. The Balaban J connectivity index is 3.12. The predicted molar refractivity (Wildman–Crippen MR) is 71.1 cm³/mol. The third kappa shape index (κ3) is 4.02. The zero-order chi connectivity index (χ0) is 16.2. The van der Waals surface area contributed by atoms with E-state index in [-0.39, 0.29) is 12.2 Å². The van der Waals surface area contributed by atoms with Crippen molar-refractivity contribution in [2.45, 2.75) is 31.8 Å². The molecule has 3 N–H and O–H groups in total. The average Bonchev–Trinajstić information content (AvgIpc) is 2.85. The third-order valence-corrected chi connectivity index (χ3v) is 4.00. The Hall–Kier alpha value is -1.94. The molecule has 0 saturated carbocycles. The number of carbonyl (C=O) groups is 2. The number of ether oxygens (including phenoxy) is 1. The molecule has 9 nitrogen and oxygen atoms in total. The number of rotatable bonds is 7. The molecular weight excluding hydrogens is 302 g/mol. The van der Waals surface area contributed by atoms with E-state index < -0.39 is 38.9 Å². The molecule has 0 unspecified atom stereocenters. The molecule has 0 amide bonds. The first-order valence-electron chi connectivity index (χ1n) is 6.16. The molecule has 0 saturated heterocycles. The molecule has 0 aliphatic heterocycles. The lowest BCUT2D eigenvalue weighted by Gasteiger charge is -2.17. The molecule has 118 valence electrons. The molecule has 0 fully saturated rings. The fourth-order valence-corrected chi connectivity index (χ4v) is 2.95. The smallest absolute Gasteiger partial charge is 0.342 e. The molecule has 1 atom stereocenters. The van der Waals surface area contributed by atoms with Gasteiger partial charge in [-0.25, -0.2) is 13.2 Å². The standard InChI is InChI=1S/C11H17N3O6S/c1-4-20-11(17)7-5-12-13-9(7)21(18,19)14-8(6(2)3)10(15)16/h5-6,8,14H,4H2,1-3H3,(H,12,13)(H,15,16)/t8-/m1/s1. The molecule has 0 bridgehead atoms. The minimum absolute atomic E-state index is 0.0701. The Morgan fingerprint density at radius 3 is 2.57 bits per heavy atom. The number of sulfonamides is 1. The van der Waals surface area contributed by atoms with Gasteiger partial charge in [0.15, 0.2) is 5.03 Å². The SMILES string of the molecule is CCOC(=O)c1cn[nH]c1S(=O)(=O)N[C@@H](C(=O)O)C(C)C. The summed E-state index contributed by atoms with van der Waals surface area (Å²) < 4.78 is 31.1. The Morgan fingerprint density at radius 1 is 1.48 bits per heavy atom. The minimum Gasteiger partial charge on any atom is -0.480 e. The number of carboxylic acid groups (broad SMARTS) is 1. The van der Waals surface area contributed by atoms with Crippen LogP contribution in [0.25, 0.3) is 0 Å². The van der Waals surface area contributed by atoms with Crippen molar-refractivity contribution >= 4 is 22.0 Å². The summed E-state index contributed by atoms with van der Waals surface area (Å²) in [6.07, 6.45) is 1.01. The van der Waals surface area contributed by atoms with Crippen molar-refractivity contribution in [2.24, 2.45) is 5.92 Å². The van der Waals surface area contributed by atoms with E-state index in [1.54, 1.807) is 20.8 Å². The van der Waals surface area contributed by atoms with E-state index in [1.165, 1.54) is 0 Å². The number of hydrogen-bond acceptors (Lipinski definition) is 6. The Bertz CT molecular complexity index is 622. The van der Waals surface area contributed by atoms with Gasteiger partial charge in [0.1, 0.15) is 11.6 Å². The molecule has 0 aromatic carbocycles. The molecule has 0 radical (unpaired) electrons. The quantitative estimate of drug-likeness (QED) is 0.600. The number of hydrogen-bond donors (Lipinski definition) is 3. The molecular formula is C11H17N3O6S. The normalized spacial score (nSPS) is 13.1. The van der Waals surface area contributed by atoms with Crippen LogP contribution in [-0.2, 0) is 19.6 Å². The Kier molecular flexibility index (Phi) is 5.44. The second-order valence-electron chi connectivity index (χ2n) is 4.51. The first-order valence-corrected chi connectivity index (χ1v) is 7.64. The largest absolute Gasteiger partial charge is 0.480 e. The van der Waals surface area contributed by atoms with Gasteiger partial charge < -0.3 is 9.84 Å². The van der Waals surface area contributed by atoms with Crippen LogP contribution in [0.15, 0.2) is 11.2 Å². The number of esters is 1. The number of aromatic amines is 1. The summed E-state index contributed by atoms with van der Waals surface area (Å²) in [4.78, 5) is 22.7. The summed E-state index contributed by atoms with van der Waals surface area (Å²) in [5, 5.41) is 14.2. The van der Waals surface area contributed by atoms with Crippen molar-refractivity contribution in [3.05, 3.63) is 11.8 Å². The molecule has 10 heteroatoms. The molecule has 1 aromatic rings. The van der Waals surface area contributed by atoms with E-state index in [0.717, 1.165) is 6.20 Å². The van der Waals surface area contributed by atoms with Gasteiger partial charge in [0.25, 0.3) is 10.0 Å². The molecule has 0 aliphatic rings. The van der Waals surface area contributed by atoms with Gasteiger partial charge in [-0.3, -0.25) is 9.89 Å². The summed E-state index contributed by atoms with van der Waals surface area (Å²) in [5.74, 6) is -2.65. The van der Waals surface area contributed by atoms with Crippen LogP contribution in [0.1, 0.15) is 31.1 Å². The number of H-pyrrole nitrogens is 1. The summed E-state index contributed by atoms with van der Waals surface area (Å²) in [7, 11) is -4.25. The monoisotopic (exact) mass is 319 g/mol. The third-order valence-electron chi connectivity index (χ3n) is 2.58. The average molecular weight is 319 g/mol. The molecule has 21 heavy (non-hydrogen) atoms. The van der Waals surface area contributed by atoms with Gasteiger partial charge >= 0.3 is 11.9 Å². The van der Waals surface area contributed by atoms with Crippen LogP contribution in [0, 0.1) is 5.92 Å². The van der Waals surface area contributed by atoms with E-state index in [1.807, 2.05) is 4.72 Å². The number of carbonyl (C=O) groups excluding carboxylic acids is 1. The van der Waals surface area contributed by atoms with Crippen LogP contribution in [-0.4, -0.2) is 48.3 Å². The maximum Gasteiger partial charge on any atom is 0.342 e. The van der Waals surface area contributed by atoms with Crippen LogP contribution < -0.4 is 4.72 Å². The zero-order valence-electron chi connectivity index (χ0n) is 11.8. The van der Waals surface area contributed by atoms with Crippen molar-refractivity contribution in [1.82, 2.24) is 14.9 Å². The number of nitrogens with zero attached hydrogens (tertiary/aromatic N) is 1. The maximum atomic E-state index is 12.2. The van der Waals surface area contributed by atoms with Crippen LogP contribution in [0.5, 0.6) is 0 Å². The highest BCUT2D eigenvalue weighted by molar-refractivity contribution is 7.89. The van der Waals surface area contributed by atoms with Crippen molar-refractivity contribution in [3.8, 4) is 0 Å². The topological polar surface area (TPSA) is 138 Å². The van der Waals surface area contributed by atoms with Crippen LogP contribution in [0.4, 0.5) is 0 Å². The number of aromatic nitrogens is 2. The van der Waals surface area contributed by atoms with Gasteiger partial charge in [0.2, 0.25) is 0 Å². The Morgan fingerprint density at radius 2 is 2.10 bits per heavy atom.